The van der Waals surface area contributed by atoms with Gasteiger partial charge in [0.25, 0.3) is 0 Å². The minimum absolute atomic E-state index is 0.0168. The summed E-state index contributed by atoms with van der Waals surface area (Å²) in [6.45, 7) is 2.14. The van der Waals surface area contributed by atoms with Crippen LogP contribution < -0.4 is 5.32 Å². The molecule has 2 heteroatoms. The topological polar surface area (TPSA) is 29.1 Å². The summed E-state index contributed by atoms with van der Waals surface area (Å²) in [7, 11) is 0. The summed E-state index contributed by atoms with van der Waals surface area (Å²) >= 11 is 0. The Morgan fingerprint density at radius 2 is 1.42 bits per heavy atom. The molecule has 3 aromatic carbocycles. The van der Waals surface area contributed by atoms with Gasteiger partial charge in [-0.3, -0.25) is 4.79 Å². The Balaban J connectivity index is 2.08. The number of hydrogen-bond donors (Lipinski definition) is 1. The van der Waals surface area contributed by atoms with Crippen molar-refractivity contribution in [2.24, 2.45) is 0 Å². The van der Waals surface area contributed by atoms with Gasteiger partial charge in [-0.2, -0.15) is 0 Å². The number of rotatable bonds is 3. The molecular weight excluding hydrogens is 294 g/mol. The highest BCUT2D eigenvalue weighted by Gasteiger charge is 2.49. The summed E-state index contributed by atoms with van der Waals surface area (Å²) in [5, 5.41) is 3.10. The van der Waals surface area contributed by atoms with Crippen molar-refractivity contribution in [1.82, 2.24) is 0 Å². The molecule has 0 bridgehead atoms. The Bertz CT molecular complexity index is 845. The molecule has 1 heterocycles. The Hall–Kier alpha value is -2.87. The Labute approximate surface area is 142 Å². The molecule has 118 valence electrons. The number of fused-ring (bicyclic) bond motifs is 1. The van der Waals surface area contributed by atoms with E-state index in [1.807, 2.05) is 66.7 Å². The molecule has 0 aromatic heterocycles. The summed E-state index contributed by atoms with van der Waals surface area (Å²) in [6.07, 6.45) is 0.946. The number of carbonyl (C=O) groups excluding carboxylic acids is 1. The average Bonchev–Trinajstić information content (AvgIpc) is 2.95. The maximum absolute atomic E-state index is 13.2. The van der Waals surface area contributed by atoms with Gasteiger partial charge in [0.15, 0.2) is 0 Å². The van der Waals surface area contributed by atoms with E-state index >= 15 is 0 Å². The molecule has 0 unspecified atom stereocenters. The van der Waals surface area contributed by atoms with Crippen LogP contribution in [0, 0.1) is 0 Å². The quantitative estimate of drug-likeness (QED) is 0.756. The minimum Gasteiger partial charge on any atom is -0.324 e. The number of carbonyl (C=O) groups is 1. The number of nitrogens with one attached hydrogen (secondary N) is 1. The van der Waals surface area contributed by atoms with Gasteiger partial charge in [0.2, 0.25) is 5.91 Å². The smallest absolute Gasteiger partial charge is 0.244 e. The predicted octanol–water partition coefficient (Wildman–Crippen LogP) is 4.54. The first-order chi connectivity index (χ1) is 11.8. The second kappa shape index (κ2) is 5.64. The van der Waals surface area contributed by atoms with Gasteiger partial charge in [0, 0.05) is 11.3 Å². The summed E-state index contributed by atoms with van der Waals surface area (Å²) in [5.74, 6) is 0.0168. The molecule has 3 aromatic rings. The lowest BCUT2D eigenvalue weighted by molar-refractivity contribution is -0.118. The van der Waals surface area contributed by atoms with E-state index in [-0.39, 0.29) is 5.91 Å². The van der Waals surface area contributed by atoms with Gasteiger partial charge in [-0.05, 0) is 29.2 Å². The van der Waals surface area contributed by atoms with E-state index in [2.05, 4.69) is 24.4 Å². The lowest BCUT2D eigenvalue weighted by Gasteiger charge is -2.29. The van der Waals surface area contributed by atoms with Crippen molar-refractivity contribution in [3.05, 3.63) is 101 Å². The number of benzene rings is 3. The summed E-state index contributed by atoms with van der Waals surface area (Å²) in [6, 6.07) is 26.4. The molecule has 0 spiro atoms. The number of anilines is 1. The van der Waals surface area contributed by atoms with E-state index in [1.54, 1.807) is 0 Å². The van der Waals surface area contributed by atoms with Crippen LogP contribution in [-0.2, 0) is 16.6 Å². The van der Waals surface area contributed by atoms with Crippen LogP contribution in [0.5, 0.6) is 0 Å². The van der Waals surface area contributed by atoms with Gasteiger partial charge < -0.3 is 5.32 Å². The first kappa shape index (κ1) is 14.7. The zero-order valence-corrected chi connectivity index (χ0v) is 13.6. The van der Waals surface area contributed by atoms with Crippen molar-refractivity contribution >= 4 is 11.6 Å². The normalized spacial score (nSPS) is 15.0. The minimum atomic E-state index is -0.789. The molecule has 0 fully saturated rings. The fraction of sp³-hybridized carbons (Fsp3) is 0.136. The first-order valence-electron chi connectivity index (χ1n) is 8.32. The van der Waals surface area contributed by atoms with Crippen molar-refractivity contribution in [3.8, 4) is 0 Å². The third-order valence-corrected chi connectivity index (χ3v) is 4.90. The van der Waals surface area contributed by atoms with Crippen LogP contribution in [0.3, 0.4) is 0 Å². The van der Waals surface area contributed by atoms with E-state index < -0.39 is 5.41 Å². The van der Waals surface area contributed by atoms with Gasteiger partial charge in [0.1, 0.15) is 5.41 Å². The fourth-order valence-corrected chi connectivity index (χ4v) is 3.69. The lowest BCUT2D eigenvalue weighted by atomic mass is 9.70. The maximum Gasteiger partial charge on any atom is 0.244 e. The molecule has 1 aliphatic heterocycles. The van der Waals surface area contributed by atoms with E-state index in [4.69, 9.17) is 0 Å². The number of aryl methyl sites for hydroxylation is 1. The molecule has 0 aliphatic carbocycles. The monoisotopic (exact) mass is 313 g/mol. The molecule has 0 radical (unpaired) electrons. The molecule has 0 saturated carbocycles. The second-order valence-electron chi connectivity index (χ2n) is 6.17. The van der Waals surface area contributed by atoms with Gasteiger partial charge in [-0.1, -0.05) is 79.7 Å². The van der Waals surface area contributed by atoms with E-state index in [0.29, 0.717) is 0 Å². The Morgan fingerprint density at radius 1 is 0.833 bits per heavy atom. The molecule has 2 nitrogen and oxygen atoms in total. The predicted molar refractivity (Wildman–Crippen MR) is 97.2 cm³/mol. The van der Waals surface area contributed by atoms with E-state index in [0.717, 1.165) is 28.8 Å². The molecule has 1 N–H and O–H groups in total. The highest BCUT2D eigenvalue weighted by atomic mass is 16.2. The molecular formula is C22H19NO. The van der Waals surface area contributed by atoms with E-state index in [1.165, 1.54) is 5.56 Å². The van der Waals surface area contributed by atoms with Crippen molar-refractivity contribution in [2.45, 2.75) is 18.8 Å². The van der Waals surface area contributed by atoms with Crippen molar-refractivity contribution in [3.63, 3.8) is 0 Å². The summed E-state index contributed by atoms with van der Waals surface area (Å²) < 4.78 is 0. The molecule has 24 heavy (non-hydrogen) atoms. The molecule has 1 amide bonds. The average molecular weight is 313 g/mol. The first-order valence-corrected chi connectivity index (χ1v) is 8.32. The van der Waals surface area contributed by atoms with Gasteiger partial charge in [0.05, 0.1) is 0 Å². The summed E-state index contributed by atoms with van der Waals surface area (Å²) in [5.41, 5.74) is 4.40. The number of amides is 1. The van der Waals surface area contributed by atoms with Gasteiger partial charge >= 0.3 is 0 Å². The van der Waals surface area contributed by atoms with Crippen LogP contribution in [0.25, 0.3) is 0 Å². The Kier molecular flexibility index (Phi) is 3.46. The van der Waals surface area contributed by atoms with E-state index in [9.17, 15) is 4.79 Å². The third kappa shape index (κ3) is 2.00. The Morgan fingerprint density at radius 3 is 1.96 bits per heavy atom. The van der Waals surface area contributed by atoms with Crippen LogP contribution in [0.1, 0.15) is 29.2 Å². The van der Waals surface area contributed by atoms with Gasteiger partial charge in [-0.25, -0.2) is 0 Å². The fourth-order valence-electron chi connectivity index (χ4n) is 3.69. The second-order valence-corrected chi connectivity index (χ2v) is 6.17. The largest absolute Gasteiger partial charge is 0.324 e. The number of hydrogen-bond acceptors (Lipinski definition) is 1. The zero-order chi connectivity index (χ0) is 16.6. The highest BCUT2D eigenvalue weighted by Crippen LogP contribution is 2.47. The molecule has 0 saturated heterocycles. The van der Waals surface area contributed by atoms with Crippen molar-refractivity contribution < 1.29 is 4.79 Å². The summed E-state index contributed by atoms with van der Waals surface area (Å²) in [4.78, 5) is 13.2. The molecule has 0 atom stereocenters. The van der Waals surface area contributed by atoms with Gasteiger partial charge in [-0.15, -0.1) is 0 Å². The van der Waals surface area contributed by atoms with Crippen molar-refractivity contribution in [1.29, 1.82) is 0 Å². The molecule has 4 rings (SSSR count). The maximum atomic E-state index is 13.2. The highest BCUT2D eigenvalue weighted by molar-refractivity contribution is 6.11. The van der Waals surface area contributed by atoms with Crippen LogP contribution >= 0.6 is 0 Å². The molecule has 1 aliphatic rings. The SMILES string of the molecule is CCc1ccc2c(c1)C(c1ccccc1)(c1ccccc1)C(=O)N2. The van der Waals surface area contributed by atoms with Crippen molar-refractivity contribution in [2.75, 3.05) is 5.32 Å². The van der Waals surface area contributed by atoms with Crippen LogP contribution in [0.2, 0.25) is 0 Å². The third-order valence-electron chi connectivity index (χ3n) is 4.90. The zero-order valence-electron chi connectivity index (χ0n) is 13.6. The van der Waals surface area contributed by atoms with Crippen LogP contribution in [0.4, 0.5) is 5.69 Å². The lowest BCUT2D eigenvalue weighted by Crippen LogP contribution is -2.37. The van der Waals surface area contributed by atoms with Crippen LogP contribution in [-0.4, -0.2) is 5.91 Å². The van der Waals surface area contributed by atoms with Crippen LogP contribution in [0.15, 0.2) is 78.9 Å². The standard InChI is InChI=1S/C22H19NO/c1-2-16-13-14-20-19(15-16)22(21(24)23-20,17-9-5-3-6-10-17)18-11-7-4-8-12-18/h3-15H,2H2,1H3,(H,23,24).